The Morgan fingerprint density at radius 3 is 1.92 bits per heavy atom. The third-order valence-electron chi connectivity index (χ3n) is 1.06. The Morgan fingerprint density at radius 1 is 1.08 bits per heavy atom. The maximum absolute atomic E-state index is 11.6. The van der Waals surface area contributed by atoms with Crippen LogP contribution in [0.2, 0.25) is 0 Å². The summed E-state index contributed by atoms with van der Waals surface area (Å²) in [4.78, 5) is 0. The van der Waals surface area contributed by atoms with E-state index in [0.717, 1.165) is 0 Å². The van der Waals surface area contributed by atoms with Gasteiger partial charge in [0.1, 0.15) is 0 Å². The lowest BCUT2D eigenvalue weighted by molar-refractivity contribution is -0.147. The van der Waals surface area contributed by atoms with Crippen LogP contribution in [0.5, 0.6) is 0 Å². The van der Waals surface area contributed by atoms with Crippen molar-refractivity contribution in [1.29, 1.82) is 0 Å². The monoisotopic (exact) mass is 184 g/mol. The molecule has 1 nitrogen and oxygen atoms in total. The van der Waals surface area contributed by atoms with Gasteiger partial charge in [-0.1, -0.05) is 20.8 Å². The lowest BCUT2D eigenvalue weighted by Gasteiger charge is -2.18. The van der Waals surface area contributed by atoms with Gasteiger partial charge in [0, 0.05) is 0 Å². The van der Waals surface area contributed by atoms with Gasteiger partial charge in [-0.25, -0.2) is 0 Å². The largest absolute Gasteiger partial charge is 0.391 e. The molecule has 0 spiro atoms. The summed E-state index contributed by atoms with van der Waals surface area (Å²) < 4.78 is 39.6. The van der Waals surface area contributed by atoms with E-state index in [-0.39, 0.29) is 12.0 Å². The average molecular weight is 184 g/mol. The van der Waals surface area contributed by atoms with E-state index in [9.17, 15) is 13.2 Å². The maximum atomic E-state index is 11.6. The summed E-state index contributed by atoms with van der Waals surface area (Å²) in [7, 11) is 0. The Kier molecular flexibility index (Phi) is 4.03. The van der Waals surface area contributed by atoms with Gasteiger partial charge in [0.15, 0.2) is 0 Å². The van der Waals surface area contributed by atoms with Crippen molar-refractivity contribution in [3.05, 3.63) is 0 Å². The molecule has 0 saturated heterocycles. The Hall–Kier alpha value is -0.250. The number of ether oxygens (including phenoxy) is 1. The molecule has 0 aromatic carbocycles. The molecule has 0 aromatic rings. The van der Waals surface area contributed by atoms with E-state index in [1.807, 2.05) is 20.8 Å². The van der Waals surface area contributed by atoms with Crippen LogP contribution in [0.25, 0.3) is 0 Å². The SMILES string of the molecule is CC(C)(C)COCCC(F)(F)F. The average Bonchev–Trinajstić information content (AvgIpc) is 1.76. The third-order valence-corrected chi connectivity index (χ3v) is 1.06. The molecule has 0 amide bonds. The molecule has 0 bridgehead atoms. The fourth-order valence-corrected chi connectivity index (χ4v) is 0.566. The van der Waals surface area contributed by atoms with Gasteiger partial charge in [-0.3, -0.25) is 0 Å². The molecule has 0 N–H and O–H groups in total. The molecule has 74 valence electrons. The van der Waals surface area contributed by atoms with Gasteiger partial charge in [-0.15, -0.1) is 0 Å². The molecule has 4 heteroatoms. The van der Waals surface area contributed by atoms with Crippen LogP contribution in [0.3, 0.4) is 0 Å². The number of alkyl halides is 3. The summed E-state index contributed by atoms with van der Waals surface area (Å²) in [6.45, 7) is 5.88. The summed E-state index contributed by atoms with van der Waals surface area (Å²) in [5.41, 5.74) is -0.0639. The first-order chi connectivity index (χ1) is 5.21. The Morgan fingerprint density at radius 2 is 1.58 bits per heavy atom. The van der Waals surface area contributed by atoms with Gasteiger partial charge < -0.3 is 4.74 Å². The molecule has 0 saturated carbocycles. The van der Waals surface area contributed by atoms with Crippen LogP contribution >= 0.6 is 0 Å². The number of rotatable bonds is 3. The van der Waals surface area contributed by atoms with Crippen LogP contribution in [0.4, 0.5) is 13.2 Å². The molecular weight excluding hydrogens is 169 g/mol. The highest BCUT2D eigenvalue weighted by molar-refractivity contribution is 4.59. The molecule has 0 radical (unpaired) electrons. The zero-order valence-electron chi connectivity index (χ0n) is 7.66. The second kappa shape index (κ2) is 4.12. The van der Waals surface area contributed by atoms with Crippen molar-refractivity contribution in [1.82, 2.24) is 0 Å². The molecular formula is C8H15F3O. The van der Waals surface area contributed by atoms with E-state index >= 15 is 0 Å². The predicted octanol–water partition coefficient (Wildman–Crippen LogP) is 3.00. The second-order valence-corrected chi connectivity index (χ2v) is 3.98. The van der Waals surface area contributed by atoms with Crippen molar-refractivity contribution in [2.24, 2.45) is 5.41 Å². The van der Waals surface area contributed by atoms with Gasteiger partial charge in [0.2, 0.25) is 0 Å². The molecule has 0 aliphatic rings. The molecule has 0 heterocycles. The van der Waals surface area contributed by atoms with Crippen molar-refractivity contribution in [2.45, 2.75) is 33.4 Å². The summed E-state index contributed by atoms with van der Waals surface area (Å²) in [6.07, 6.45) is -4.96. The van der Waals surface area contributed by atoms with Crippen molar-refractivity contribution in [3.63, 3.8) is 0 Å². The highest BCUT2D eigenvalue weighted by Gasteiger charge is 2.26. The number of hydrogen-bond donors (Lipinski definition) is 0. The molecule has 0 atom stereocenters. The van der Waals surface area contributed by atoms with Gasteiger partial charge in [0.25, 0.3) is 0 Å². The summed E-state index contributed by atoms with van der Waals surface area (Å²) >= 11 is 0. The van der Waals surface area contributed by atoms with Crippen LogP contribution < -0.4 is 0 Å². The predicted molar refractivity (Wildman–Crippen MR) is 40.9 cm³/mol. The minimum absolute atomic E-state index is 0.0639. The Labute approximate surface area is 70.9 Å². The lowest BCUT2D eigenvalue weighted by atomic mass is 9.99. The molecule has 0 unspecified atom stereocenters. The quantitative estimate of drug-likeness (QED) is 0.612. The van der Waals surface area contributed by atoms with Gasteiger partial charge >= 0.3 is 6.18 Å². The van der Waals surface area contributed by atoms with Crippen LogP contribution in [-0.4, -0.2) is 19.4 Å². The first-order valence-electron chi connectivity index (χ1n) is 3.85. The van der Waals surface area contributed by atoms with E-state index in [0.29, 0.717) is 6.61 Å². The number of halogens is 3. The van der Waals surface area contributed by atoms with Gasteiger partial charge in [0.05, 0.1) is 19.6 Å². The minimum atomic E-state index is -4.10. The van der Waals surface area contributed by atoms with Crippen molar-refractivity contribution < 1.29 is 17.9 Å². The molecule has 0 aliphatic heterocycles. The minimum Gasteiger partial charge on any atom is -0.381 e. The summed E-state index contributed by atoms with van der Waals surface area (Å²) in [5, 5.41) is 0. The van der Waals surface area contributed by atoms with Gasteiger partial charge in [-0.05, 0) is 5.41 Å². The fourth-order valence-electron chi connectivity index (χ4n) is 0.566. The van der Waals surface area contributed by atoms with Gasteiger partial charge in [-0.2, -0.15) is 13.2 Å². The topological polar surface area (TPSA) is 9.23 Å². The lowest BCUT2D eigenvalue weighted by Crippen LogP contribution is -2.18. The summed E-state index contributed by atoms with van der Waals surface area (Å²) in [5.74, 6) is 0. The van der Waals surface area contributed by atoms with Crippen LogP contribution in [0.15, 0.2) is 0 Å². The van der Waals surface area contributed by atoms with Crippen molar-refractivity contribution in [2.75, 3.05) is 13.2 Å². The molecule has 0 rings (SSSR count). The Balaban J connectivity index is 3.35. The second-order valence-electron chi connectivity index (χ2n) is 3.98. The first kappa shape index (κ1) is 11.8. The highest BCUT2D eigenvalue weighted by atomic mass is 19.4. The fraction of sp³-hybridized carbons (Fsp3) is 1.00. The first-order valence-corrected chi connectivity index (χ1v) is 3.85. The summed E-state index contributed by atoms with van der Waals surface area (Å²) in [6, 6.07) is 0. The molecule has 12 heavy (non-hydrogen) atoms. The normalized spacial score (nSPS) is 13.5. The Bertz CT molecular complexity index is 107. The molecule has 0 aliphatic carbocycles. The van der Waals surface area contributed by atoms with E-state index in [1.54, 1.807) is 0 Å². The van der Waals surface area contributed by atoms with Crippen LogP contribution in [0.1, 0.15) is 27.2 Å². The zero-order valence-corrected chi connectivity index (χ0v) is 7.66. The molecule has 0 fully saturated rings. The standard InChI is InChI=1S/C8H15F3O/c1-7(2,3)6-12-5-4-8(9,10)11/h4-6H2,1-3H3. The maximum Gasteiger partial charge on any atom is 0.391 e. The van der Waals surface area contributed by atoms with E-state index < -0.39 is 12.6 Å². The smallest absolute Gasteiger partial charge is 0.381 e. The third kappa shape index (κ3) is 9.75. The van der Waals surface area contributed by atoms with E-state index in [1.165, 1.54) is 0 Å². The zero-order chi connectivity index (χ0) is 9.83. The molecule has 0 aromatic heterocycles. The van der Waals surface area contributed by atoms with E-state index in [4.69, 9.17) is 4.74 Å². The van der Waals surface area contributed by atoms with Crippen LogP contribution in [0, 0.1) is 5.41 Å². The highest BCUT2D eigenvalue weighted by Crippen LogP contribution is 2.20. The van der Waals surface area contributed by atoms with Crippen LogP contribution in [-0.2, 0) is 4.74 Å². The van der Waals surface area contributed by atoms with Crippen molar-refractivity contribution in [3.8, 4) is 0 Å². The van der Waals surface area contributed by atoms with E-state index in [2.05, 4.69) is 0 Å². The van der Waals surface area contributed by atoms with Crippen molar-refractivity contribution >= 4 is 0 Å². The number of hydrogen-bond acceptors (Lipinski definition) is 1.